The number of amides is 1. The number of hydrogen-bond donors (Lipinski definition) is 2. The molecule has 1 amide bonds. The molecule has 132 valence electrons. The van der Waals surface area contributed by atoms with Crippen LogP contribution in [0.3, 0.4) is 0 Å². The molecule has 0 aliphatic heterocycles. The smallest absolute Gasteiger partial charge is 0.261 e. The second-order valence-electron chi connectivity index (χ2n) is 5.89. The second-order valence-corrected chi connectivity index (χ2v) is 7.72. The monoisotopic (exact) mass is 473 g/mol. The van der Waals surface area contributed by atoms with Gasteiger partial charge in [-0.25, -0.2) is 0 Å². The van der Waals surface area contributed by atoms with Gasteiger partial charge in [0.1, 0.15) is 0 Å². The summed E-state index contributed by atoms with van der Waals surface area (Å²) in [6.45, 7) is 0.342. The van der Waals surface area contributed by atoms with Crippen molar-refractivity contribution in [1.82, 2.24) is 5.32 Å². The fourth-order valence-corrected chi connectivity index (χ4v) is 3.25. The van der Waals surface area contributed by atoms with E-state index in [9.17, 15) is 9.90 Å². The Bertz CT molecular complexity index is 833. The Balaban J connectivity index is 1.95. The fraction of sp³-hybridized carbons (Fsp3) is 0.0952. The molecule has 3 rings (SSSR count). The number of benzene rings is 3. The summed E-state index contributed by atoms with van der Waals surface area (Å²) < 4.78 is 1.76. The van der Waals surface area contributed by atoms with Crippen LogP contribution in [0.15, 0.2) is 87.8 Å². The van der Waals surface area contributed by atoms with Crippen molar-refractivity contribution >= 4 is 37.8 Å². The van der Waals surface area contributed by atoms with Crippen LogP contribution >= 0.6 is 31.9 Å². The Morgan fingerprint density at radius 3 is 1.73 bits per heavy atom. The molecule has 3 nitrogen and oxygen atoms in total. The van der Waals surface area contributed by atoms with E-state index in [4.69, 9.17) is 0 Å². The van der Waals surface area contributed by atoms with Crippen molar-refractivity contribution in [2.24, 2.45) is 0 Å². The van der Waals surface area contributed by atoms with E-state index in [-0.39, 0.29) is 0 Å². The molecule has 0 aliphatic rings. The molecular weight excluding hydrogens is 458 g/mol. The molecule has 0 saturated heterocycles. The minimum atomic E-state index is -1.78. The lowest BCUT2D eigenvalue weighted by molar-refractivity contribution is -0.136. The van der Waals surface area contributed by atoms with Gasteiger partial charge in [-0.3, -0.25) is 4.79 Å². The summed E-state index contributed by atoms with van der Waals surface area (Å²) in [6.07, 6.45) is 0. The van der Waals surface area contributed by atoms with Gasteiger partial charge in [0.2, 0.25) is 0 Å². The van der Waals surface area contributed by atoms with Crippen molar-refractivity contribution in [3.05, 3.63) is 104 Å². The average Bonchev–Trinajstić information content (AvgIpc) is 2.67. The van der Waals surface area contributed by atoms with Crippen molar-refractivity contribution < 1.29 is 9.90 Å². The van der Waals surface area contributed by atoms with Crippen LogP contribution in [0.1, 0.15) is 16.7 Å². The van der Waals surface area contributed by atoms with Crippen LogP contribution in [0.25, 0.3) is 0 Å². The van der Waals surface area contributed by atoms with E-state index in [1.807, 2.05) is 54.6 Å². The number of hydrogen-bond acceptors (Lipinski definition) is 2. The highest BCUT2D eigenvalue weighted by molar-refractivity contribution is 9.10. The SMILES string of the molecule is O=C(NCc1ccccc1)C(O)(c1ccc(Br)cc1)c1ccc(Br)cc1. The highest BCUT2D eigenvalue weighted by atomic mass is 79.9. The summed E-state index contributed by atoms with van der Waals surface area (Å²) in [5, 5.41) is 14.3. The number of nitrogens with one attached hydrogen (secondary N) is 1. The maximum atomic E-state index is 13.0. The van der Waals surface area contributed by atoms with Gasteiger partial charge < -0.3 is 10.4 Å². The Morgan fingerprint density at radius 1 is 0.808 bits per heavy atom. The van der Waals surface area contributed by atoms with Crippen LogP contribution < -0.4 is 5.32 Å². The maximum Gasteiger partial charge on any atom is 0.261 e. The predicted molar refractivity (Wildman–Crippen MR) is 110 cm³/mol. The topological polar surface area (TPSA) is 49.3 Å². The summed E-state index contributed by atoms with van der Waals surface area (Å²) in [5.41, 5.74) is 0.202. The standard InChI is InChI=1S/C21H17Br2NO2/c22-18-10-6-16(7-11-18)21(26,17-8-12-19(23)13-9-17)20(25)24-14-15-4-2-1-3-5-15/h1-13,26H,14H2,(H,24,25). The number of rotatable bonds is 5. The van der Waals surface area contributed by atoms with E-state index in [0.717, 1.165) is 14.5 Å². The minimum absolute atomic E-state index is 0.342. The quantitative estimate of drug-likeness (QED) is 0.559. The van der Waals surface area contributed by atoms with E-state index in [2.05, 4.69) is 37.2 Å². The molecule has 0 heterocycles. The van der Waals surface area contributed by atoms with Gasteiger partial charge >= 0.3 is 0 Å². The summed E-state index contributed by atoms with van der Waals surface area (Å²) in [5.74, 6) is -0.467. The first kappa shape index (κ1) is 18.8. The average molecular weight is 475 g/mol. The van der Waals surface area contributed by atoms with Crippen molar-refractivity contribution in [3.63, 3.8) is 0 Å². The number of carbonyl (C=O) groups is 1. The van der Waals surface area contributed by atoms with Gasteiger partial charge in [0.05, 0.1) is 0 Å². The largest absolute Gasteiger partial charge is 0.372 e. The number of aliphatic hydroxyl groups is 1. The Labute approximate surface area is 169 Å². The van der Waals surface area contributed by atoms with Gasteiger partial charge in [-0.05, 0) is 41.0 Å². The van der Waals surface area contributed by atoms with E-state index >= 15 is 0 Å². The second kappa shape index (κ2) is 8.16. The molecule has 0 radical (unpaired) electrons. The van der Waals surface area contributed by atoms with Gasteiger partial charge in [0.25, 0.3) is 5.91 Å². The summed E-state index contributed by atoms with van der Waals surface area (Å²) in [6, 6.07) is 23.8. The zero-order valence-corrected chi connectivity index (χ0v) is 17.0. The Morgan fingerprint density at radius 2 is 1.27 bits per heavy atom. The molecule has 0 saturated carbocycles. The van der Waals surface area contributed by atoms with Crippen LogP contribution in [0, 0.1) is 0 Å². The predicted octanol–water partition coefficient (Wildman–Crippen LogP) is 4.76. The van der Waals surface area contributed by atoms with Crippen molar-refractivity contribution in [2.75, 3.05) is 0 Å². The van der Waals surface area contributed by atoms with E-state index < -0.39 is 11.5 Å². The van der Waals surface area contributed by atoms with Crippen molar-refractivity contribution in [1.29, 1.82) is 0 Å². The van der Waals surface area contributed by atoms with Crippen LogP contribution in [0.2, 0.25) is 0 Å². The van der Waals surface area contributed by atoms with Gasteiger partial charge in [-0.2, -0.15) is 0 Å². The van der Waals surface area contributed by atoms with E-state index in [1.54, 1.807) is 24.3 Å². The summed E-state index contributed by atoms with van der Waals surface area (Å²) in [4.78, 5) is 13.0. The summed E-state index contributed by atoms with van der Waals surface area (Å²) >= 11 is 6.78. The number of halogens is 2. The van der Waals surface area contributed by atoms with Crippen molar-refractivity contribution in [2.45, 2.75) is 12.1 Å². The minimum Gasteiger partial charge on any atom is -0.372 e. The third-order valence-corrected chi connectivity index (χ3v) is 5.21. The first-order valence-electron chi connectivity index (χ1n) is 8.07. The van der Waals surface area contributed by atoms with Crippen LogP contribution in [-0.4, -0.2) is 11.0 Å². The molecule has 0 unspecified atom stereocenters. The lowest BCUT2D eigenvalue weighted by Gasteiger charge is -2.28. The van der Waals surface area contributed by atoms with Gasteiger partial charge in [0, 0.05) is 15.5 Å². The van der Waals surface area contributed by atoms with Gasteiger partial charge in [0.15, 0.2) is 5.60 Å². The zero-order valence-electron chi connectivity index (χ0n) is 13.8. The fourth-order valence-electron chi connectivity index (χ4n) is 2.72. The molecule has 5 heteroatoms. The Kier molecular flexibility index (Phi) is 5.91. The molecule has 0 bridgehead atoms. The maximum absolute atomic E-state index is 13.0. The van der Waals surface area contributed by atoms with E-state index in [1.165, 1.54) is 0 Å². The molecule has 3 aromatic carbocycles. The Hall–Kier alpha value is -1.95. The summed E-state index contributed by atoms with van der Waals surface area (Å²) in [7, 11) is 0. The third-order valence-electron chi connectivity index (χ3n) is 4.15. The molecule has 0 aromatic heterocycles. The van der Waals surface area contributed by atoms with Crippen molar-refractivity contribution in [3.8, 4) is 0 Å². The van der Waals surface area contributed by atoms with E-state index in [0.29, 0.717) is 17.7 Å². The lowest BCUT2D eigenvalue weighted by Crippen LogP contribution is -2.45. The highest BCUT2D eigenvalue weighted by Crippen LogP contribution is 2.32. The zero-order chi connectivity index (χ0) is 18.6. The van der Waals surface area contributed by atoms with Crippen LogP contribution in [0.4, 0.5) is 0 Å². The third kappa shape index (κ3) is 4.06. The molecule has 2 N–H and O–H groups in total. The van der Waals surface area contributed by atoms with Crippen LogP contribution in [-0.2, 0) is 16.9 Å². The molecule has 0 fully saturated rings. The van der Waals surface area contributed by atoms with Gasteiger partial charge in [-0.15, -0.1) is 0 Å². The normalized spacial score (nSPS) is 11.2. The molecule has 0 atom stereocenters. The molecule has 3 aromatic rings. The molecule has 0 aliphatic carbocycles. The van der Waals surface area contributed by atoms with Crippen LogP contribution in [0.5, 0.6) is 0 Å². The number of carbonyl (C=O) groups excluding carboxylic acids is 1. The molecular formula is C21H17Br2NO2. The first-order chi connectivity index (χ1) is 12.5. The first-order valence-corrected chi connectivity index (χ1v) is 9.65. The highest BCUT2D eigenvalue weighted by Gasteiger charge is 2.39. The lowest BCUT2D eigenvalue weighted by atomic mass is 9.85. The molecule has 0 spiro atoms. The van der Waals surface area contributed by atoms with Gasteiger partial charge in [-0.1, -0.05) is 86.5 Å². The molecule has 26 heavy (non-hydrogen) atoms.